The molecule has 0 saturated heterocycles. The van der Waals surface area contributed by atoms with Gasteiger partial charge in [0, 0.05) is 24.7 Å². The first kappa shape index (κ1) is 24.9. The number of nitrogens with zero attached hydrogens (tertiary/aromatic N) is 1. The van der Waals surface area contributed by atoms with Crippen molar-refractivity contribution in [1.82, 2.24) is 4.31 Å². The Balaban J connectivity index is 1.75. The lowest BCUT2D eigenvalue weighted by Gasteiger charge is -2.38. The van der Waals surface area contributed by atoms with E-state index in [2.05, 4.69) is 30.6 Å². The number of ether oxygens (including phenoxy) is 3. The summed E-state index contributed by atoms with van der Waals surface area (Å²) in [5, 5.41) is 3.65. The second kappa shape index (κ2) is 10.2. The molecule has 3 unspecified atom stereocenters. The van der Waals surface area contributed by atoms with Crippen molar-refractivity contribution in [3.63, 3.8) is 0 Å². The molecule has 2 aromatic carbocycles. The highest BCUT2D eigenvalue weighted by Gasteiger charge is 2.39. The lowest BCUT2D eigenvalue weighted by molar-refractivity contribution is 0.322. The van der Waals surface area contributed by atoms with Crippen LogP contribution in [0.15, 0.2) is 72.7 Å². The van der Waals surface area contributed by atoms with Gasteiger partial charge >= 0.3 is 0 Å². The van der Waals surface area contributed by atoms with Gasteiger partial charge in [-0.05, 0) is 53.8 Å². The van der Waals surface area contributed by atoms with Crippen LogP contribution < -0.4 is 19.5 Å². The number of methoxy groups -OCH3 is 3. The summed E-state index contributed by atoms with van der Waals surface area (Å²) in [4.78, 5) is 0.270. The van der Waals surface area contributed by atoms with Crippen molar-refractivity contribution in [1.29, 1.82) is 0 Å². The smallest absolute Gasteiger partial charge is 0.243 e. The van der Waals surface area contributed by atoms with Crippen LogP contribution in [0.5, 0.6) is 17.2 Å². The molecular weight excluding hydrogens is 464 g/mol. The topological polar surface area (TPSA) is 77.1 Å². The average molecular weight is 497 g/mol. The Morgan fingerprint density at radius 3 is 2.26 bits per heavy atom. The van der Waals surface area contributed by atoms with Crippen LogP contribution in [-0.2, 0) is 10.0 Å². The van der Waals surface area contributed by atoms with E-state index < -0.39 is 10.0 Å². The average Bonchev–Trinajstić information content (AvgIpc) is 3.37. The molecule has 2 aromatic rings. The SMILES string of the molecule is C=CCN(CC=C)S(=O)(=O)c1ccc2c(c1)C1C=CCC1C(c1cc(OC)c(OC)c(OC)c1)N2. The minimum Gasteiger partial charge on any atom is -0.493 e. The van der Waals surface area contributed by atoms with Gasteiger partial charge in [0.1, 0.15) is 0 Å². The number of fused-ring (bicyclic) bond motifs is 3. The van der Waals surface area contributed by atoms with Crippen LogP contribution in [0.4, 0.5) is 5.69 Å². The van der Waals surface area contributed by atoms with E-state index in [1.54, 1.807) is 45.6 Å². The summed E-state index contributed by atoms with van der Waals surface area (Å²) < 4.78 is 44.7. The van der Waals surface area contributed by atoms with E-state index in [1.807, 2.05) is 18.2 Å². The van der Waals surface area contributed by atoms with E-state index in [1.165, 1.54) is 4.31 Å². The quantitative estimate of drug-likeness (QED) is 0.472. The summed E-state index contributed by atoms with van der Waals surface area (Å²) in [6.07, 6.45) is 8.38. The van der Waals surface area contributed by atoms with Gasteiger partial charge in [-0.3, -0.25) is 0 Å². The maximum Gasteiger partial charge on any atom is 0.243 e. The molecule has 0 saturated carbocycles. The number of benzene rings is 2. The monoisotopic (exact) mass is 496 g/mol. The van der Waals surface area contributed by atoms with Gasteiger partial charge in [0.25, 0.3) is 0 Å². The highest BCUT2D eigenvalue weighted by molar-refractivity contribution is 7.89. The van der Waals surface area contributed by atoms with Crippen molar-refractivity contribution in [3.05, 3.63) is 78.9 Å². The Hall–Kier alpha value is -3.23. The van der Waals surface area contributed by atoms with Crippen LogP contribution >= 0.6 is 0 Å². The lowest BCUT2D eigenvalue weighted by Crippen LogP contribution is -2.32. The first-order valence-corrected chi connectivity index (χ1v) is 12.9. The van der Waals surface area contributed by atoms with Gasteiger partial charge in [-0.15, -0.1) is 13.2 Å². The normalized spacial score (nSPS) is 20.5. The molecule has 3 atom stereocenters. The van der Waals surface area contributed by atoms with E-state index in [0.717, 1.165) is 23.2 Å². The molecule has 1 N–H and O–H groups in total. The van der Waals surface area contributed by atoms with E-state index in [4.69, 9.17) is 14.2 Å². The maximum atomic E-state index is 13.3. The third-order valence-electron chi connectivity index (χ3n) is 6.68. The van der Waals surface area contributed by atoms with E-state index in [0.29, 0.717) is 17.2 Å². The minimum atomic E-state index is -3.69. The van der Waals surface area contributed by atoms with Crippen LogP contribution in [0.2, 0.25) is 0 Å². The molecule has 0 bridgehead atoms. The molecular formula is C27H32N2O5S. The van der Waals surface area contributed by atoms with Crippen LogP contribution in [0.25, 0.3) is 0 Å². The molecule has 0 fully saturated rings. The third kappa shape index (κ3) is 4.44. The number of sulfonamides is 1. The molecule has 1 heterocycles. The number of rotatable bonds is 10. The van der Waals surface area contributed by atoms with Gasteiger partial charge in [-0.1, -0.05) is 24.3 Å². The Morgan fingerprint density at radius 1 is 1.03 bits per heavy atom. The van der Waals surface area contributed by atoms with Gasteiger partial charge in [0.05, 0.1) is 32.3 Å². The van der Waals surface area contributed by atoms with Crippen LogP contribution in [0, 0.1) is 5.92 Å². The second-order valence-electron chi connectivity index (χ2n) is 8.58. The molecule has 0 aromatic heterocycles. The number of anilines is 1. The summed E-state index contributed by atoms with van der Waals surface area (Å²) in [6.45, 7) is 7.82. The summed E-state index contributed by atoms with van der Waals surface area (Å²) in [5.41, 5.74) is 2.91. The van der Waals surface area contributed by atoms with Gasteiger partial charge in [0.2, 0.25) is 15.8 Å². The molecule has 186 valence electrons. The van der Waals surface area contributed by atoms with Gasteiger partial charge in [0.15, 0.2) is 11.5 Å². The molecule has 1 aliphatic carbocycles. The zero-order chi connectivity index (χ0) is 25.2. The predicted octanol–water partition coefficient (Wildman–Crippen LogP) is 4.90. The first-order valence-electron chi connectivity index (χ1n) is 11.5. The zero-order valence-corrected chi connectivity index (χ0v) is 21.2. The summed E-state index contributed by atoms with van der Waals surface area (Å²) >= 11 is 0. The van der Waals surface area contributed by atoms with Crippen molar-refractivity contribution in [2.24, 2.45) is 5.92 Å². The highest BCUT2D eigenvalue weighted by atomic mass is 32.2. The third-order valence-corrected chi connectivity index (χ3v) is 8.51. The van der Waals surface area contributed by atoms with Crippen molar-refractivity contribution < 1.29 is 22.6 Å². The van der Waals surface area contributed by atoms with Gasteiger partial charge in [-0.2, -0.15) is 4.31 Å². The molecule has 35 heavy (non-hydrogen) atoms. The summed E-state index contributed by atoms with van der Waals surface area (Å²) in [6, 6.07) is 9.25. The Bertz CT molecular complexity index is 1220. The molecule has 0 amide bonds. The van der Waals surface area contributed by atoms with E-state index in [9.17, 15) is 8.42 Å². The second-order valence-corrected chi connectivity index (χ2v) is 10.5. The lowest BCUT2D eigenvalue weighted by atomic mass is 9.77. The highest BCUT2D eigenvalue weighted by Crippen LogP contribution is 2.52. The fourth-order valence-corrected chi connectivity index (χ4v) is 6.47. The number of hydrogen-bond acceptors (Lipinski definition) is 6. The van der Waals surface area contributed by atoms with E-state index in [-0.39, 0.29) is 35.9 Å². The summed E-state index contributed by atoms with van der Waals surface area (Å²) in [5.74, 6) is 2.04. The van der Waals surface area contributed by atoms with Gasteiger partial charge < -0.3 is 19.5 Å². The van der Waals surface area contributed by atoms with Crippen molar-refractivity contribution in [3.8, 4) is 17.2 Å². The standard InChI is InChI=1S/C27H32N2O5S/c1-6-13-29(14-7-2)35(30,31)19-11-12-23-22(17-19)20-9-8-10-21(20)26(28-23)18-15-24(32-3)27(34-5)25(16-18)33-4/h6-9,11-12,15-17,20-21,26,28H,1-2,10,13-14H2,3-5H3. The Morgan fingerprint density at radius 2 is 1.69 bits per heavy atom. The fourth-order valence-electron chi connectivity index (χ4n) is 5.05. The molecule has 8 heteroatoms. The number of nitrogens with one attached hydrogen (secondary N) is 1. The maximum absolute atomic E-state index is 13.3. The molecule has 4 rings (SSSR count). The Kier molecular flexibility index (Phi) is 7.23. The van der Waals surface area contributed by atoms with Crippen LogP contribution in [0.3, 0.4) is 0 Å². The first-order chi connectivity index (χ1) is 16.9. The Labute approximate surface area is 207 Å². The molecule has 1 aliphatic heterocycles. The molecule has 0 radical (unpaired) electrons. The fraction of sp³-hybridized carbons (Fsp3) is 0.333. The molecule has 7 nitrogen and oxygen atoms in total. The summed E-state index contributed by atoms with van der Waals surface area (Å²) in [7, 11) is 1.11. The van der Waals surface area contributed by atoms with Gasteiger partial charge in [-0.25, -0.2) is 8.42 Å². The van der Waals surface area contributed by atoms with Crippen LogP contribution in [0.1, 0.15) is 29.5 Å². The van der Waals surface area contributed by atoms with Crippen molar-refractivity contribution in [2.75, 3.05) is 39.7 Å². The number of allylic oxidation sites excluding steroid dienone is 2. The van der Waals surface area contributed by atoms with E-state index >= 15 is 0 Å². The molecule has 2 aliphatic rings. The largest absolute Gasteiger partial charge is 0.493 e. The van der Waals surface area contributed by atoms with Crippen molar-refractivity contribution >= 4 is 15.7 Å². The molecule has 0 spiro atoms. The number of hydrogen-bond donors (Lipinski definition) is 1. The van der Waals surface area contributed by atoms with Crippen molar-refractivity contribution in [2.45, 2.75) is 23.3 Å². The zero-order valence-electron chi connectivity index (χ0n) is 20.4. The van der Waals surface area contributed by atoms with Crippen LogP contribution in [-0.4, -0.2) is 47.1 Å². The predicted molar refractivity (Wildman–Crippen MR) is 138 cm³/mol. The minimum absolute atomic E-state index is 0.0170.